The molecule has 8 rings (SSSR count). The molecule has 1 aromatic heterocycles. The zero-order chi connectivity index (χ0) is 30.0. The van der Waals surface area contributed by atoms with Crippen LogP contribution in [0.5, 0.6) is 23.0 Å². The van der Waals surface area contributed by atoms with Gasteiger partial charge in [-0.15, -0.1) is 0 Å². The maximum Gasteiger partial charge on any atom is 0.255 e. The third-order valence-corrected chi connectivity index (χ3v) is 8.02. The Morgan fingerprint density at radius 3 is 2.64 bits per heavy atom. The van der Waals surface area contributed by atoms with E-state index in [1.54, 1.807) is 18.6 Å². The third kappa shape index (κ3) is 5.35. The van der Waals surface area contributed by atoms with Gasteiger partial charge >= 0.3 is 0 Å². The Kier molecular flexibility index (Phi) is 7.19. The summed E-state index contributed by atoms with van der Waals surface area (Å²) >= 11 is 0. The van der Waals surface area contributed by atoms with Gasteiger partial charge in [0.05, 0.1) is 24.5 Å². The maximum absolute atomic E-state index is 14.1. The highest BCUT2D eigenvalue weighted by atomic mass is 16.5. The van der Waals surface area contributed by atoms with Crippen LogP contribution in [0, 0.1) is 0 Å². The highest BCUT2D eigenvalue weighted by Gasteiger charge is 2.33. The van der Waals surface area contributed by atoms with Crippen LogP contribution < -0.4 is 14.8 Å². The van der Waals surface area contributed by atoms with Crippen molar-refractivity contribution < 1.29 is 24.2 Å². The number of hydrogen-bond donors (Lipinski definition) is 2. The first kappa shape index (κ1) is 27.3. The number of hydrogen-bond acceptors (Lipinski definition) is 6. The molecule has 220 valence electrons. The van der Waals surface area contributed by atoms with Gasteiger partial charge < -0.3 is 29.4 Å². The highest BCUT2D eigenvalue weighted by Crippen LogP contribution is 2.39. The van der Waals surface area contributed by atoms with Crippen LogP contribution in [0.2, 0.25) is 0 Å². The number of aromatic nitrogens is 2. The predicted molar refractivity (Wildman–Crippen MR) is 164 cm³/mol. The van der Waals surface area contributed by atoms with Gasteiger partial charge in [0.25, 0.3) is 11.8 Å². The lowest BCUT2D eigenvalue weighted by Crippen LogP contribution is -2.40. The summed E-state index contributed by atoms with van der Waals surface area (Å²) in [5.41, 5.74) is 4.69. The molecule has 5 aromatic rings. The van der Waals surface area contributed by atoms with Crippen molar-refractivity contribution in [3.05, 3.63) is 131 Å². The van der Waals surface area contributed by atoms with E-state index in [1.165, 1.54) is 12.1 Å². The summed E-state index contributed by atoms with van der Waals surface area (Å²) in [6.45, 7) is 1.27. The van der Waals surface area contributed by atoms with Gasteiger partial charge in [-0.2, -0.15) is 0 Å². The van der Waals surface area contributed by atoms with Gasteiger partial charge in [-0.05, 0) is 96.3 Å². The number of rotatable bonds is 2. The van der Waals surface area contributed by atoms with Crippen LogP contribution in [-0.4, -0.2) is 51.1 Å². The Morgan fingerprint density at radius 1 is 0.955 bits per heavy atom. The molecule has 4 heterocycles. The number of benzene rings is 4. The van der Waals surface area contributed by atoms with E-state index in [2.05, 4.69) is 10.3 Å². The van der Waals surface area contributed by atoms with Gasteiger partial charge in [-0.1, -0.05) is 18.2 Å². The molecular weight excluding hydrogens is 556 g/mol. The molecule has 4 aromatic carbocycles. The third-order valence-electron chi connectivity index (χ3n) is 8.02. The second-order valence-electron chi connectivity index (χ2n) is 10.8. The van der Waals surface area contributed by atoms with Crippen molar-refractivity contribution in [2.45, 2.75) is 18.9 Å². The molecule has 0 fully saturated rings. The van der Waals surface area contributed by atoms with E-state index in [0.717, 1.165) is 22.4 Å². The van der Waals surface area contributed by atoms with Crippen LogP contribution >= 0.6 is 0 Å². The molecule has 2 N–H and O–H groups in total. The van der Waals surface area contributed by atoms with Crippen LogP contribution in [-0.2, 0) is 6.42 Å². The molecule has 0 saturated heterocycles. The molecule has 2 amide bonds. The SMILES string of the molecule is O=C1NCCCOc2cccc(c2)C2c3ccc(cc3CCN2C(=O)c2ccc(-n3ccnc3)cc2)Oc2ccc(O)c1c2. The number of carbonyl (C=O) groups excluding carboxylic acids is 2. The lowest BCUT2D eigenvalue weighted by atomic mass is 9.87. The van der Waals surface area contributed by atoms with Gasteiger partial charge in [0.15, 0.2) is 0 Å². The topological polar surface area (TPSA) is 106 Å². The second-order valence-corrected chi connectivity index (χ2v) is 10.8. The van der Waals surface area contributed by atoms with E-state index in [0.29, 0.717) is 55.4 Å². The number of amides is 2. The Morgan fingerprint density at radius 2 is 1.80 bits per heavy atom. The molecule has 3 aliphatic heterocycles. The van der Waals surface area contributed by atoms with Gasteiger partial charge in [0, 0.05) is 36.7 Å². The zero-order valence-electron chi connectivity index (χ0n) is 23.8. The normalized spacial score (nSPS) is 16.2. The first-order chi connectivity index (χ1) is 21.5. The second kappa shape index (κ2) is 11.6. The van der Waals surface area contributed by atoms with Crippen LogP contribution in [0.1, 0.15) is 49.9 Å². The number of imidazole rings is 1. The van der Waals surface area contributed by atoms with Crippen molar-refractivity contribution in [1.29, 1.82) is 0 Å². The minimum atomic E-state index is -0.384. The highest BCUT2D eigenvalue weighted by molar-refractivity contribution is 5.97. The lowest BCUT2D eigenvalue weighted by molar-refractivity contribution is 0.0694. The fraction of sp³-hybridized carbons (Fsp3) is 0.171. The molecule has 0 spiro atoms. The van der Waals surface area contributed by atoms with E-state index in [9.17, 15) is 14.7 Å². The molecule has 8 bridgehead atoms. The molecule has 0 saturated carbocycles. The molecule has 1 unspecified atom stereocenters. The summed E-state index contributed by atoms with van der Waals surface area (Å²) in [7, 11) is 0. The Labute approximate surface area is 254 Å². The number of fused-ring (bicyclic) bond motifs is 6. The van der Waals surface area contributed by atoms with E-state index in [-0.39, 0.29) is 29.2 Å². The van der Waals surface area contributed by atoms with Crippen LogP contribution in [0.25, 0.3) is 5.69 Å². The summed E-state index contributed by atoms with van der Waals surface area (Å²) in [5, 5.41) is 13.2. The summed E-state index contributed by atoms with van der Waals surface area (Å²) in [6.07, 6.45) is 6.52. The summed E-state index contributed by atoms with van der Waals surface area (Å²) in [4.78, 5) is 32.9. The summed E-state index contributed by atoms with van der Waals surface area (Å²) < 4.78 is 14.1. The Balaban J connectivity index is 1.27. The van der Waals surface area contributed by atoms with E-state index >= 15 is 0 Å². The van der Waals surface area contributed by atoms with Crippen LogP contribution in [0.15, 0.2) is 104 Å². The number of nitrogens with one attached hydrogen (secondary N) is 1. The molecule has 1 atom stereocenters. The van der Waals surface area contributed by atoms with Crippen molar-refractivity contribution in [1.82, 2.24) is 19.8 Å². The number of nitrogens with zero attached hydrogens (tertiary/aromatic N) is 3. The van der Waals surface area contributed by atoms with Gasteiger partial charge in [0.1, 0.15) is 23.0 Å². The van der Waals surface area contributed by atoms with Crippen molar-refractivity contribution in [3.63, 3.8) is 0 Å². The largest absolute Gasteiger partial charge is 0.507 e. The van der Waals surface area contributed by atoms with Gasteiger partial charge in [0.2, 0.25) is 0 Å². The summed E-state index contributed by atoms with van der Waals surface area (Å²) in [5.74, 6) is 1.17. The average molecular weight is 587 g/mol. The average Bonchev–Trinajstić information content (AvgIpc) is 3.60. The minimum absolute atomic E-state index is 0.0565. The monoisotopic (exact) mass is 586 g/mol. The predicted octanol–water partition coefficient (Wildman–Crippen LogP) is 5.67. The smallest absolute Gasteiger partial charge is 0.255 e. The molecule has 0 radical (unpaired) electrons. The van der Waals surface area contributed by atoms with Gasteiger partial charge in [-0.3, -0.25) is 9.59 Å². The number of phenols is 1. The number of ether oxygens (including phenoxy) is 2. The molecule has 9 nitrogen and oxygen atoms in total. The standard InChI is InChI=1S/C35H30N4O5/c40-32-12-10-29-21-31(32)34(41)37-14-2-18-43-27-4-1-3-25(20-27)33-30-11-9-28(44-29)19-24(30)13-16-39(33)35(42)23-5-7-26(8-6-23)38-17-15-36-22-38/h1,3-12,15,17,19-22,33,40H,2,13-14,16,18H2,(H,37,41). The molecule has 0 aliphatic carbocycles. The summed E-state index contributed by atoms with van der Waals surface area (Å²) in [6, 6.07) is 25.5. The van der Waals surface area contributed by atoms with Crippen molar-refractivity contribution in [3.8, 4) is 28.7 Å². The maximum atomic E-state index is 14.1. The Hall–Kier alpha value is -5.57. The zero-order valence-corrected chi connectivity index (χ0v) is 23.8. The Bertz CT molecular complexity index is 1830. The molecule has 3 aliphatic rings. The van der Waals surface area contributed by atoms with Crippen LogP contribution in [0.3, 0.4) is 0 Å². The van der Waals surface area contributed by atoms with Gasteiger partial charge in [-0.25, -0.2) is 4.98 Å². The van der Waals surface area contributed by atoms with Crippen molar-refractivity contribution >= 4 is 11.8 Å². The van der Waals surface area contributed by atoms with Crippen molar-refractivity contribution in [2.75, 3.05) is 19.7 Å². The van der Waals surface area contributed by atoms with Crippen molar-refractivity contribution in [2.24, 2.45) is 0 Å². The first-order valence-electron chi connectivity index (χ1n) is 14.6. The minimum Gasteiger partial charge on any atom is -0.507 e. The molecular formula is C35H30N4O5. The number of phenolic OH excluding ortho intramolecular Hbond substituents is 1. The molecule has 9 heteroatoms. The fourth-order valence-corrected chi connectivity index (χ4v) is 5.83. The molecule has 44 heavy (non-hydrogen) atoms. The van der Waals surface area contributed by atoms with E-state index in [1.807, 2.05) is 82.4 Å². The quantitative estimate of drug-likeness (QED) is 0.276. The van der Waals surface area contributed by atoms with E-state index in [4.69, 9.17) is 9.47 Å². The lowest BCUT2D eigenvalue weighted by Gasteiger charge is -2.38. The van der Waals surface area contributed by atoms with E-state index < -0.39 is 0 Å². The number of carbonyl (C=O) groups is 2. The first-order valence-corrected chi connectivity index (χ1v) is 14.6. The fourth-order valence-electron chi connectivity index (χ4n) is 5.83. The van der Waals surface area contributed by atoms with Crippen LogP contribution in [0.4, 0.5) is 0 Å². The number of aromatic hydroxyl groups is 1.